The minimum atomic E-state index is -0.590. The lowest BCUT2D eigenvalue weighted by atomic mass is 10.1. The molecule has 0 spiro atoms. The topological polar surface area (TPSA) is 74.3 Å². The lowest BCUT2D eigenvalue weighted by molar-refractivity contribution is -0.157. The molecule has 0 N–H and O–H groups in total. The molecule has 7 heteroatoms. The number of carbonyl (C=O) groups excluding carboxylic acids is 2. The van der Waals surface area contributed by atoms with E-state index in [1.807, 2.05) is 0 Å². The summed E-state index contributed by atoms with van der Waals surface area (Å²) in [6.07, 6.45) is 2.98. The predicted octanol–water partition coefficient (Wildman–Crippen LogP) is 2.53. The average molecular weight is 365 g/mol. The highest BCUT2D eigenvalue weighted by Gasteiger charge is 2.19. The number of hydrogen-bond acceptors (Lipinski definition) is 6. The fraction of sp³-hybridized carbons (Fsp3) is 0.474. The van der Waals surface area contributed by atoms with Crippen LogP contribution in [0.1, 0.15) is 26.3 Å². The van der Waals surface area contributed by atoms with Crippen molar-refractivity contribution in [1.82, 2.24) is 4.90 Å². The Morgan fingerprint density at radius 2 is 1.58 bits per heavy atom. The maximum absolute atomic E-state index is 12.2. The molecule has 0 saturated carbocycles. The van der Waals surface area contributed by atoms with Gasteiger partial charge in [0, 0.05) is 13.1 Å². The number of hydrogen-bond donors (Lipinski definition) is 0. The van der Waals surface area contributed by atoms with E-state index in [0.717, 1.165) is 0 Å². The molecule has 0 aliphatic heterocycles. The smallest absolute Gasteiger partial charge is 0.326 e. The summed E-state index contributed by atoms with van der Waals surface area (Å²) in [5, 5.41) is 0. The average Bonchev–Trinajstić information content (AvgIpc) is 2.56. The van der Waals surface area contributed by atoms with Crippen LogP contribution >= 0.6 is 0 Å². The lowest BCUT2D eigenvalue weighted by Crippen LogP contribution is -2.35. The van der Waals surface area contributed by atoms with E-state index in [9.17, 15) is 9.59 Å². The highest BCUT2D eigenvalue weighted by molar-refractivity contribution is 5.93. The van der Waals surface area contributed by atoms with Crippen molar-refractivity contribution < 1.29 is 28.5 Å². The maximum Gasteiger partial charge on any atom is 0.326 e. The second kappa shape index (κ2) is 9.12. The quantitative estimate of drug-likeness (QED) is 0.546. The Morgan fingerprint density at radius 1 is 1.04 bits per heavy atom. The summed E-state index contributed by atoms with van der Waals surface area (Å²) in [4.78, 5) is 25.3. The van der Waals surface area contributed by atoms with Crippen LogP contribution in [-0.4, -0.2) is 57.3 Å². The minimum Gasteiger partial charge on any atom is -0.493 e. The van der Waals surface area contributed by atoms with Crippen molar-refractivity contribution in [2.45, 2.75) is 26.4 Å². The van der Waals surface area contributed by atoms with Gasteiger partial charge >= 0.3 is 5.97 Å². The van der Waals surface area contributed by atoms with Gasteiger partial charge in [-0.15, -0.1) is 0 Å². The van der Waals surface area contributed by atoms with E-state index in [2.05, 4.69) is 0 Å². The lowest BCUT2D eigenvalue weighted by Gasteiger charge is -2.22. The van der Waals surface area contributed by atoms with Crippen LogP contribution in [0.5, 0.6) is 17.2 Å². The zero-order chi connectivity index (χ0) is 19.9. The third-order valence-corrected chi connectivity index (χ3v) is 3.27. The minimum absolute atomic E-state index is 0.129. The maximum atomic E-state index is 12.2. The molecule has 1 rings (SSSR count). The molecule has 26 heavy (non-hydrogen) atoms. The molecule has 1 amide bonds. The van der Waals surface area contributed by atoms with Crippen LogP contribution in [-0.2, 0) is 14.3 Å². The summed E-state index contributed by atoms with van der Waals surface area (Å²) in [6, 6.07) is 3.44. The molecule has 0 fully saturated rings. The van der Waals surface area contributed by atoms with Crippen LogP contribution < -0.4 is 14.2 Å². The number of benzene rings is 1. The highest BCUT2D eigenvalue weighted by atomic mass is 16.6. The predicted molar refractivity (Wildman–Crippen MR) is 98.6 cm³/mol. The summed E-state index contributed by atoms with van der Waals surface area (Å²) in [5.41, 5.74) is 0.103. The first-order valence-corrected chi connectivity index (χ1v) is 8.06. The number of carbonyl (C=O) groups is 2. The van der Waals surface area contributed by atoms with Gasteiger partial charge < -0.3 is 23.8 Å². The molecule has 0 atom stereocenters. The Kier molecular flexibility index (Phi) is 7.49. The second-order valence-corrected chi connectivity index (χ2v) is 6.57. The van der Waals surface area contributed by atoms with E-state index < -0.39 is 11.6 Å². The van der Waals surface area contributed by atoms with Crippen LogP contribution in [0.4, 0.5) is 0 Å². The number of methoxy groups -OCH3 is 3. The molecule has 7 nitrogen and oxygen atoms in total. The molecule has 0 saturated heterocycles. The summed E-state index contributed by atoms with van der Waals surface area (Å²) in [7, 11) is 6.09. The van der Waals surface area contributed by atoms with Gasteiger partial charge in [0.1, 0.15) is 12.1 Å². The van der Waals surface area contributed by atoms with Gasteiger partial charge in [0.05, 0.1) is 21.3 Å². The van der Waals surface area contributed by atoms with Gasteiger partial charge in [-0.3, -0.25) is 9.59 Å². The highest BCUT2D eigenvalue weighted by Crippen LogP contribution is 2.38. The Hall–Kier alpha value is -2.70. The van der Waals surface area contributed by atoms with E-state index >= 15 is 0 Å². The van der Waals surface area contributed by atoms with E-state index in [1.54, 1.807) is 39.0 Å². The third-order valence-electron chi connectivity index (χ3n) is 3.27. The molecule has 1 aromatic rings. The van der Waals surface area contributed by atoms with Crippen LogP contribution in [0.25, 0.3) is 6.08 Å². The fourth-order valence-corrected chi connectivity index (χ4v) is 2.14. The molecule has 0 heterocycles. The van der Waals surface area contributed by atoms with Crippen LogP contribution in [0.2, 0.25) is 0 Å². The fourth-order valence-electron chi connectivity index (χ4n) is 2.14. The van der Waals surface area contributed by atoms with Crippen LogP contribution in [0.15, 0.2) is 18.2 Å². The van der Waals surface area contributed by atoms with Gasteiger partial charge in [0.2, 0.25) is 11.7 Å². The number of ether oxygens (including phenoxy) is 4. The van der Waals surface area contributed by atoms with E-state index in [-0.39, 0.29) is 12.5 Å². The zero-order valence-corrected chi connectivity index (χ0v) is 16.4. The molecule has 0 aliphatic rings. The van der Waals surface area contributed by atoms with Gasteiger partial charge in [0.15, 0.2) is 11.5 Å². The van der Waals surface area contributed by atoms with E-state index in [1.165, 1.54) is 39.4 Å². The number of rotatable bonds is 7. The van der Waals surface area contributed by atoms with Crippen molar-refractivity contribution in [3.05, 3.63) is 23.8 Å². The summed E-state index contributed by atoms with van der Waals surface area (Å²) < 4.78 is 21.0. The van der Waals surface area contributed by atoms with Crippen molar-refractivity contribution in [1.29, 1.82) is 0 Å². The summed E-state index contributed by atoms with van der Waals surface area (Å²) in [6.45, 7) is 5.20. The zero-order valence-electron chi connectivity index (χ0n) is 16.4. The number of nitrogens with zero attached hydrogens (tertiary/aromatic N) is 1. The summed E-state index contributed by atoms with van der Waals surface area (Å²) in [5.74, 6) is 0.654. The van der Waals surface area contributed by atoms with Gasteiger partial charge in [0.25, 0.3) is 0 Å². The first-order valence-electron chi connectivity index (χ1n) is 8.06. The molecule has 1 aromatic carbocycles. The molecular weight excluding hydrogens is 338 g/mol. The molecule has 0 unspecified atom stereocenters. The van der Waals surface area contributed by atoms with Crippen molar-refractivity contribution in [2.24, 2.45) is 0 Å². The van der Waals surface area contributed by atoms with Crippen LogP contribution in [0, 0.1) is 0 Å². The largest absolute Gasteiger partial charge is 0.493 e. The van der Waals surface area contributed by atoms with Crippen molar-refractivity contribution in [3.8, 4) is 17.2 Å². The Labute approximate surface area is 154 Å². The standard InChI is InChI=1S/C19H27NO6/c1-19(2,3)26-17(22)12-20(4)16(21)9-8-13-10-14(23-5)18(25-7)15(11-13)24-6/h8-11H,12H2,1-7H3/b9-8+. The Bertz CT molecular complexity index is 650. The second-order valence-electron chi connectivity index (χ2n) is 6.57. The Balaban J connectivity index is 2.86. The summed E-state index contributed by atoms with van der Waals surface area (Å²) >= 11 is 0. The van der Waals surface area contributed by atoms with Crippen LogP contribution in [0.3, 0.4) is 0 Å². The van der Waals surface area contributed by atoms with E-state index in [0.29, 0.717) is 22.8 Å². The molecule has 0 bridgehead atoms. The number of likely N-dealkylation sites (N-methyl/N-ethyl adjacent to an activating group) is 1. The van der Waals surface area contributed by atoms with Gasteiger partial charge in [-0.1, -0.05) is 0 Å². The molecule has 0 aromatic heterocycles. The van der Waals surface area contributed by atoms with Crippen molar-refractivity contribution >= 4 is 18.0 Å². The van der Waals surface area contributed by atoms with Gasteiger partial charge in [-0.05, 0) is 44.5 Å². The molecule has 144 valence electrons. The monoisotopic (exact) mass is 365 g/mol. The SMILES string of the molecule is COc1cc(/C=C/C(=O)N(C)CC(=O)OC(C)(C)C)cc(OC)c1OC. The van der Waals surface area contributed by atoms with E-state index in [4.69, 9.17) is 18.9 Å². The third kappa shape index (κ3) is 6.31. The molecule has 0 aliphatic carbocycles. The van der Waals surface area contributed by atoms with Gasteiger partial charge in [-0.2, -0.15) is 0 Å². The normalized spacial score (nSPS) is 11.2. The first kappa shape index (κ1) is 21.3. The van der Waals surface area contributed by atoms with Crippen molar-refractivity contribution in [2.75, 3.05) is 34.9 Å². The van der Waals surface area contributed by atoms with Gasteiger partial charge in [-0.25, -0.2) is 0 Å². The number of amides is 1. The number of esters is 1. The Morgan fingerprint density at radius 3 is 2.00 bits per heavy atom. The first-order chi connectivity index (χ1) is 12.1. The molecular formula is C19H27NO6. The van der Waals surface area contributed by atoms with Crippen molar-refractivity contribution in [3.63, 3.8) is 0 Å². The molecule has 0 radical (unpaired) electrons.